The Hall–Kier alpha value is -0.650. The van der Waals surface area contributed by atoms with Gasteiger partial charge < -0.3 is 20.6 Å². The minimum absolute atomic E-state index is 0.486. The molecule has 1 heterocycles. The summed E-state index contributed by atoms with van der Waals surface area (Å²) in [4.78, 5) is 15.8. The molecule has 5 nitrogen and oxygen atoms in total. The number of nitrogens with zero attached hydrogens (tertiary/aromatic N) is 2. The second-order valence-corrected chi connectivity index (χ2v) is 5.93. The number of aliphatic carboxylic acids is 1. The van der Waals surface area contributed by atoms with Crippen molar-refractivity contribution >= 4 is 5.97 Å². The molecule has 3 N–H and O–H groups in total. The summed E-state index contributed by atoms with van der Waals surface area (Å²) in [7, 11) is 4.30. The van der Waals surface area contributed by atoms with Crippen LogP contribution in [0.15, 0.2) is 0 Å². The maximum Gasteiger partial charge on any atom is 0.323 e. The highest BCUT2D eigenvalue weighted by molar-refractivity contribution is 5.78. The van der Waals surface area contributed by atoms with Gasteiger partial charge in [-0.05, 0) is 65.8 Å². The summed E-state index contributed by atoms with van der Waals surface area (Å²) in [6.45, 7) is 5.08. The topological polar surface area (TPSA) is 69.8 Å². The molecule has 1 unspecified atom stereocenters. The highest BCUT2D eigenvalue weighted by Gasteiger charge is 2.31. The molecule has 0 aromatic rings. The highest BCUT2D eigenvalue weighted by Crippen LogP contribution is 2.18. The van der Waals surface area contributed by atoms with E-state index < -0.39 is 11.5 Å². The SMILES string of the molecule is CCC(N)(CCCN(C)C1CCN(C)CC1)C(=O)O. The molecule has 0 bridgehead atoms. The van der Waals surface area contributed by atoms with E-state index in [1.807, 2.05) is 6.92 Å². The zero-order valence-electron chi connectivity index (χ0n) is 12.6. The van der Waals surface area contributed by atoms with Crippen molar-refractivity contribution in [2.24, 2.45) is 5.73 Å². The van der Waals surface area contributed by atoms with E-state index >= 15 is 0 Å². The first-order chi connectivity index (χ1) is 8.89. The molecule has 0 spiro atoms. The molecule has 0 radical (unpaired) electrons. The molecule has 0 aliphatic carbocycles. The van der Waals surface area contributed by atoms with Crippen LogP contribution in [0.4, 0.5) is 0 Å². The van der Waals surface area contributed by atoms with Gasteiger partial charge in [0.1, 0.15) is 5.54 Å². The minimum Gasteiger partial charge on any atom is -0.480 e. The van der Waals surface area contributed by atoms with Gasteiger partial charge >= 0.3 is 5.97 Å². The molecule has 5 heteroatoms. The van der Waals surface area contributed by atoms with Gasteiger partial charge in [-0.25, -0.2) is 0 Å². The predicted octanol–water partition coefficient (Wildman–Crippen LogP) is 0.985. The highest BCUT2D eigenvalue weighted by atomic mass is 16.4. The molecule has 0 amide bonds. The molecule has 1 rings (SSSR count). The summed E-state index contributed by atoms with van der Waals surface area (Å²) < 4.78 is 0. The first kappa shape index (κ1) is 16.4. The van der Waals surface area contributed by atoms with Crippen LogP contribution < -0.4 is 5.73 Å². The Morgan fingerprint density at radius 2 is 2.05 bits per heavy atom. The van der Waals surface area contributed by atoms with Crippen molar-refractivity contribution in [2.75, 3.05) is 33.7 Å². The second kappa shape index (κ2) is 7.22. The van der Waals surface area contributed by atoms with Gasteiger partial charge in [-0.15, -0.1) is 0 Å². The lowest BCUT2D eigenvalue weighted by molar-refractivity contribution is -0.143. The summed E-state index contributed by atoms with van der Waals surface area (Å²) in [5.41, 5.74) is 4.85. The van der Waals surface area contributed by atoms with E-state index in [0.717, 1.165) is 26.1 Å². The van der Waals surface area contributed by atoms with E-state index in [4.69, 9.17) is 10.8 Å². The van der Waals surface area contributed by atoms with Crippen molar-refractivity contribution < 1.29 is 9.90 Å². The quantitative estimate of drug-likeness (QED) is 0.722. The molecular weight excluding hydrogens is 242 g/mol. The van der Waals surface area contributed by atoms with Gasteiger partial charge in [-0.3, -0.25) is 4.79 Å². The van der Waals surface area contributed by atoms with Crippen LogP contribution in [0.2, 0.25) is 0 Å². The molecule has 1 fully saturated rings. The largest absolute Gasteiger partial charge is 0.480 e. The van der Waals surface area contributed by atoms with E-state index in [-0.39, 0.29) is 0 Å². The van der Waals surface area contributed by atoms with Crippen molar-refractivity contribution in [1.82, 2.24) is 9.80 Å². The van der Waals surface area contributed by atoms with Crippen LogP contribution >= 0.6 is 0 Å². The molecule has 1 atom stereocenters. The maximum absolute atomic E-state index is 11.1. The lowest BCUT2D eigenvalue weighted by Crippen LogP contribution is -2.48. The third-order valence-electron chi connectivity index (χ3n) is 4.50. The molecule has 19 heavy (non-hydrogen) atoms. The number of hydrogen-bond acceptors (Lipinski definition) is 4. The number of rotatable bonds is 7. The van der Waals surface area contributed by atoms with E-state index in [1.165, 1.54) is 12.8 Å². The van der Waals surface area contributed by atoms with Gasteiger partial charge in [0, 0.05) is 6.04 Å². The fourth-order valence-electron chi connectivity index (χ4n) is 2.70. The second-order valence-electron chi connectivity index (χ2n) is 5.93. The number of carbonyl (C=O) groups is 1. The summed E-state index contributed by atoms with van der Waals surface area (Å²) in [6.07, 6.45) is 4.29. The minimum atomic E-state index is -1.05. The average molecular weight is 271 g/mol. The summed E-state index contributed by atoms with van der Waals surface area (Å²) in [5, 5.41) is 9.13. The van der Waals surface area contributed by atoms with E-state index in [0.29, 0.717) is 18.9 Å². The van der Waals surface area contributed by atoms with Crippen LogP contribution in [0.3, 0.4) is 0 Å². The Morgan fingerprint density at radius 3 is 2.53 bits per heavy atom. The fraction of sp³-hybridized carbons (Fsp3) is 0.929. The van der Waals surface area contributed by atoms with E-state index in [1.54, 1.807) is 0 Å². The van der Waals surface area contributed by atoms with Crippen LogP contribution in [0.25, 0.3) is 0 Å². The van der Waals surface area contributed by atoms with E-state index in [9.17, 15) is 4.79 Å². The molecule has 1 aliphatic heterocycles. The number of piperidine rings is 1. The van der Waals surface area contributed by atoms with Crippen LogP contribution in [-0.4, -0.2) is 66.2 Å². The smallest absolute Gasteiger partial charge is 0.323 e. The first-order valence-electron chi connectivity index (χ1n) is 7.30. The molecular formula is C14H29N3O2. The van der Waals surface area contributed by atoms with Gasteiger partial charge in [-0.2, -0.15) is 0 Å². The summed E-state index contributed by atoms with van der Waals surface area (Å²) in [6, 6.07) is 0.634. The molecule has 0 aromatic heterocycles. The van der Waals surface area contributed by atoms with Crippen LogP contribution in [-0.2, 0) is 4.79 Å². The van der Waals surface area contributed by atoms with Crippen LogP contribution in [0.1, 0.15) is 39.0 Å². The van der Waals surface area contributed by atoms with Crippen molar-refractivity contribution in [3.05, 3.63) is 0 Å². The average Bonchev–Trinajstić information content (AvgIpc) is 2.38. The standard InChI is InChI=1S/C14H29N3O2/c1-4-14(15,13(18)19)8-5-9-17(3)12-6-10-16(2)11-7-12/h12H,4-11,15H2,1-3H3,(H,18,19). The van der Waals surface area contributed by atoms with Crippen molar-refractivity contribution in [3.8, 4) is 0 Å². The predicted molar refractivity (Wildman–Crippen MR) is 77.2 cm³/mol. The van der Waals surface area contributed by atoms with Crippen LogP contribution in [0.5, 0.6) is 0 Å². The fourth-order valence-corrected chi connectivity index (χ4v) is 2.70. The van der Waals surface area contributed by atoms with Gasteiger partial charge in [0.2, 0.25) is 0 Å². The monoisotopic (exact) mass is 271 g/mol. The zero-order chi connectivity index (χ0) is 14.5. The Balaban J connectivity index is 2.30. The van der Waals surface area contributed by atoms with Crippen molar-refractivity contribution in [1.29, 1.82) is 0 Å². The Bertz CT molecular complexity index is 290. The Kier molecular flexibility index (Phi) is 6.23. The molecule has 0 aromatic carbocycles. The van der Waals surface area contributed by atoms with Crippen molar-refractivity contribution in [3.63, 3.8) is 0 Å². The van der Waals surface area contributed by atoms with E-state index in [2.05, 4.69) is 23.9 Å². The van der Waals surface area contributed by atoms with Gasteiger partial charge in [0.15, 0.2) is 0 Å². The lowest BCUT2D eigenvalue weighted by Gasteiger charge is -2.35. The summed E-state index contributed by atoms with van der Waals surface area (Å²) in [5.74, 6) is -0.878. The lowest BCUT2D eigenvalue weighted by atomic mass is 9.91. The molecule has 1 aliphatic rings. The van der Waals surface area contributed by atoms with Crippen molar-refractivity contribution in [2.45, 2.75) is 50.6 Å². The molecule has 0 saturated carbocycles. The van der Waals surface area contributed by atoms with Gasteiger partial charge in [-0.1, -0.05) is 6.92 Å². The number of carboxylic acid groups (broad SMARTS) is 1. The third kappa shape index (κ3) is 4.75. The third-order valence-corrected chi connectivity index (χ3v) is 4.50. The Morgan fingerprint density at radius 1 is 1.47 bits per heavy atom. The number of nitrogens with two attached hydrogens (primary N) is 1. The maximum atomic E-state index is 11.1. The first-order valence-corrected chi connectivity index (χ1v) is 7.30. The van der Waals surface area contributed by atoms with Crippen LogP contribution in [0, 0.1) is 0 Å². The Labute approximate surface area is 116 Å². The zero-order valence-corrected chi connectivity index (χ0v) is 12.6. The number of likely N-dealkylation sites (tertiary alicyclic amines) is 1. The normalized spacial score (nSPS) is 21.5. The molecule has 112 valence electrons. The van der Waals surface area contributed by atoms with Gasteiger partial charge in [0.05, 0.1) is 0 Å². The molecule has 1 saturated heterocycles. The van der Waals surface area contributed by atoms with Gasteiger partial charge in [0.25, 0.3) is 0 Å². The number of hydrogen-bond donors (Lipinski definition) is 2. The number of carboxylic acids is 1. The summed E-state index contributed by atoms with van der Waals surface area (Å²) >= 11 is 0.